The van der Waals surface area contributed by atoms with E-state index in [1.165, 1.54) is 28.6 Å². The zero-order valence-electron chi connectivity index (χ0n) is 14.1. The van der Waals surface area contributed by atoms with Crippen molar-refractivity contribution in [1.82, 2.24) is 4.31 Å². The normalized spacial score (nSPS) is 28.8. The maximum absolute atomic E-state index is 13.2. The molecule has 9 heteroatoms. The molecule has 146 valence electrons. The van der Waals surface area contributed by atoms with Crippen LogP contribution in [-0.4, -0.2) is 43.9 Å². The summed E-state index contributed by atoms with van der Waals surface area (Å²) in [4.78, 5) is 0. The number of nitrogens with zero attached hydrogens (tertiary/aromatic N) is 1. The van der Waals surface area contributed by atoms with Crippen LogP contribution in [0.25, 0.3) is 0 Å². The largest absolute Gasteiger partial charge is 0.391 e. The number of hydrogen-bond acceptors (Lipinski definition) is 3. The molecular weight excluding hydrogens is 374 g/mol. The smallest absolute Gasteiger partial charge is 0.378 e. The molecule has 0 amide bonds. The van der Waals surface area contributed by atoms with Crippen LogP contribution in [0.1, 0.15) is 37.3 Å². The Hall–Kier alpha value is -1.19. The summed E-state index contributed by atoms with van der Waals surface area (Å²) < 4.78 is 84.5. The highest BCUT2D eigenvalue weighted by Crippen LogP contribution is 2.41. The van der Waals surface area contributed by atoms with Crippen LogP contribution in [0.3, 0.4) is 0 Å². The molecule has 1 aromatic carbocycles. The number of rotatable bonds is 3. The van der Waals surface area contributed by atoms with Crippen molar-refractivity contribution in [3.05, 3.63) is 35.6 Å². The number of morpholine rings is 1. The van der Waals surface area contributed by atoms with Crippen molar-refractivity contribution < 1.29 is 30.7 Å². The van der Waals surface area contributed by atoms with Gasteiger partial charge in [-0.3, -0.25) is 0 Å². The number of hydrogen-bond donors (Lipinski definition) is 0. The lowest BCUT2D eigenvalue weighted by Crippen LogP contribution is -2.48. The van der Waals surface area contributed by atoms with Gasteiger partial charge in [-0.1, -0.05) is 12.1 Å². The van der Waals surface area contributed by atoms with Gasteiger partial charge >= 0.3 is 6.18 Å². The van der Waals surface area contributed by atoms with E-state index >= 15 is 0 Å². The van der Waals surface area contributed by atoms with Crippen LogP contribution in [0.15, 0.2) is 24.3 Å². The van der Waals surface area contributed by atoms with E-state index in [1.807, 2.05) is 0 Å². The first-order chi connectivity index (χ1) is 12.2. The number of ether oxygens (including phenoxy) is 1. The number of halogens is 4. The van der Waals surface area contributed by atoms with Crippen LogP contribution in [0.4, 0.5) is 17.6 Å². The molecule has 1 aliphatic heterocycles. The van der Waals surface area contributed by atoms with E-state index in [-0.39, 0.29) is 45.4 Å². The summed E-state index contributed by atoms with van der Waals surface area (Å²) in [6, 6.07) is 4.94. The molecule has 3 rings (SSSR count). The maximum Gasteiger partial charge on any atom is 0.391 e. The summed E-state index contributed by atoms with van der Waals surface area (Å²) in [5.41, 5.74) is 0.610. The van der Waals surface area contributed by atoms with Crippen molar-refractivity contribution in [1.29, 1.82) is 0 Å². The Morgan fingerprint density at radius 2 is 1.65 bits per heavy atom. The number of benzene rings is 1. The van der Waals surface area contributed by atoms with Gasteiger partial charge in [0.2, 0.25) is 10.0 Å². The summed E-state index contributed by atoms with van der Waals surface area (Å²) in [5, 5.41) is -0.817. The van der Waals surface area contributed by atoms with Gasteiger partial charge in [0.05, 0.1) is 30.4 Å². The lowest BCUT2D eigenvalue weighted by Gasteiger charge is -2.39. The molecule has 1 atom stereocenters. The highest BCUT2D eigenvalue weighted by molar-refractivity contribution is 7.89. The van der Waals surface area contributed by atoms with Crippen molar-refractivity contribution >= 4 is 10.0 Å². The van der Waals surface area contributed by atoms with Gasteiger partial charge in [-0.05, 0) is 43.4 Å². The van der Waals surface area contributed by atoms with E-state index in [0.29, 0.717) is 5.56 Å². The molecule has 0 radical (unpaired) electrons. The molecule has 0 spiro atoms. The standard InChI is InChI=1S/C17H21F4NO3S/c18-14-5-1-12(2-6-14)16-11-25-10-9-22(16)26(23,24)15-7-3-13(4-8-15)17(19,20)21/h1-2,5-6,13,15-16H,3-4,7-11H2. The summed E-state index contributed by atoms with van der Waals surface area (Å²) in [7, 11) is -3.77. The van der Waals surface area contributed by atoms with Crippen LogP contribution in [-0.2, 0) is 14.8 Å². The Morgan fingerprint density at radius 1 is 1.04 bits per heavy atom. The number of alkyl halides is 3. The third-order valence-corrected chi connectivity index (χ3v) is 7.62. The molecule has 1 saturated heterocycles. The van der Waals surface area contributed by atoms with Gasteiger partial charge in [0, 0.05) is 6.54 Å². The van der Waals surface area contributed by atoms with Crippen molar-refractivity contribution in [2.45, 2.75) is 43.2 Å². The first-order valence-electron chi connectivity index (χ1n) is 8.60. The molecule has 1 aliphatic carbocycles. The van der Waals surface area contributed by atoms with Crippen molar-refractivity contribution in [2.75, 3.05) is 19.8 Å². The Labute approximate surface area is 150 Å². The zero-order valence-corrected chi connectivity index (χ0v) is 14.9. The molecule has 26 heavy (non-hydrogen) atoms. The van der Waals surface area contributed by atoms with Crippen molar-refractivity contribution in [2.24, 2.45) is 5.92 Å². The van der Waals surface area contributed by atoms with Crippen molar-refractivity contribution in [3.8, 4) is 0 Å². The summed E-state index contributed by atoms with van der Waals surface area (Å²) in [6.07, 6.45) is -4.61. The lowest BCUT2D eigenvalue weighted by molar-refractivity contribution is -0.181. The zero-order chi connectivity index (χ0) is 18.9. The molecule has 1 saturated carbocycles. The van der Waals surface area contributed by atoms with E-state index in [0.717, 1.165) is 0 Å². The molecule has 1 heterocycles. The molecule has 0 bridgehead atoms. The second-order valence-electron chi connectivity index (χ2n) is 6.81. The molecule has 1 unspecified atom stereocenters. The van der Waals surface area contributed by atoms with Crippen LogP contribution in [0, 0.1) is 11.7 Å². The van der Waals surface area contributed by atoms with Crippen LogP contribution in [0.5, 0.6) is 0 Å². The SMILES string of the molecule is O=S(=O)(C1CCC(C(F)(F)F)CC1)N1CCOCC1c1ccc(F)cc1. The quantitative estimate of drug-likeness (QED) is 0.734. The Bertz CT molecular complexity index is 713. The van der Waals surface area contributed by atoms with E-state index in [4.69, 9.17) is 4.74 Å². The summed E-state index contributed by atoms with van der Waals surface area (Å²) in [6.45, 7) is 0.515. The topological polar surface area (TPSA) is 46.6 Å². The molecule has 1 aromatic rings. The fourth-order valence-corrected chi connectivity index (χ4v) is 5.84. The lowest BCUT2D eigenvalue weighted by atomic mass is 9.88. The first-order valence-corrected chi connectivity index (χ1v) is 10.1. The van der Waals surface area contributed by atoms with Gasteiger partial charge in [-0.15, -0.1) is 0 Å². The molecule has 4 nitrogen and oxygen atoms in total. The highest BCUT2D eigenvalue weighted by atomic mass is 32.2. The van der Waals surface area contributed by atoms with Gasteiger partial charge in [-0.25, -0.2) is 12.8 Å². The molecule has 2 aliphatic rings. The maximum atomic E-state index is 13.2. The average molecular weight is 395 g/mol. The van der Waals surface area contributed by atoms with Gasteiger partial charge in [0.1, 0.15) is 5.82 Å². The predicted octanol–water partition coefficient (Wildman–Crippen LogP) is 3.65. The van der Waals surface area contributed by atoms with Crippen molar-refractivity contribution in [3.63, 3.8) is 0 Å². The van der Waals surface area contributed by atoms with Gasteiger partial charge in [0.25, 0.3) is 0 Å². The summed E-state index contributed by atoms with van der Waals surface area (Å²) >= 11 is 0. The Kier molecular flexibility index (Phi) is 5.60. The summed E-state index contributed by atoms with van der Waals surface area (Å²) in [5.74, 6) is -1.85. The monoisotopic (exact) mass is 395 g/mol. The minimum absolute atomic E-state index is 0.00000493. The van der Waals surface area contributed by atoms with Crippen LogP contribution < -0.4 is 0 Å². The van der Waals surface area contributed by atoms with Gasteiger partial charge in [-0.2, -0.15) is 17.5 Å². The predicted molar refractivity (Wildman–Crippen MR) is 87.4 cm³/mol. The molecular formula is C17H21F4NO3S. The van der Waals surface area contributed by atoms with Gasteiger partial charge in [0.15, 0.2) is 0 Å². The third-order valence-electron chi connectivity index (χ3n) is 5.22. The minimum Gasteiger partial charge on any atom is -0.378 e. The fourth-order valence-electron chi connectivity index (χ4n) is 3.72. The van der Waals surface area contributed by atoms with E-state index < -0.39 is 39.2 Å². The highest BCUT2D eigenvalue weighted by Gasteiger charge is 2.46. The second-order valence-corrected chi connectivity index (χ2v) is 8.98. The van der Waals surface area contributed by atoms with E-state index in [9.17, 15) is 26.0 Å². The first kappa shape index (κ1) is 19.6. The molecule has 0 N–H and O–H groups in total. The van der Waals surface area contributed by atoms with Crippen LogP contribution >= 0.6 is 0 Å². The molecule has 0 aromatic heterocycles. The fraction of sp³-hybridized carbons (Fsp3) is 0.647. The Balaban J connectivity index is 1.77. The molecule has 2 fully saturated rings. The van der Waals surface area contributed by atoms with Crippen LogP contribution in [0.2, 0.25) is 0 Å². The van der Waals surface area contributed by atoms with E-state index in [1.54, 1.807) is 0 Å². The number of sulfonamides is 1. The Morgan fingerprint density at radius 3 is 2.23 bits per heavy atom. The second kappa shape index (κ2) is 7.44. The third kappa shape index (κ3) is 4.04. The van der Waals surface area contributed by atoms with Gasteiger partial charge < -0.3 is 4.74 Å². The van der Waals surface area contributed by atoms with E-state index in [2.05, 4.69) is 0 Å². The minimum atomic E-state index is -4.27. The average Bonchev–Trinajstić information content (AvgIpc) is 2.62.